The fourth-order valence-electron chi connectivity index (χ4n) is 2.67. The minimum atomic E-state index is -0.385. The monoisotopic (exact) mass is 333 g/mol. The van der Waals surface area contributed by atoms with Crippen molar-refractivity contribution in [2.75, 3.05) is 26.2 Å². The molecule has 4 nitrogen and oxygen atoms in total. The predicted octanol–water partition coefficient (Wildman–Crippen LogP) is 2.83. The lowest BCUT2D eigenvalue weighted by atomic mass is 10.1. The van der Waals surface area contributed by atoms with Gasteiger partial charge in [0, 0.05) is 44.5 Å². The van der Waals surface area contributed by atoms with E-state index in [1.165, 1.54) is 12.1 Å². The van der Waals surface area contributed by atoms with E-state index in [4.69, 9.17) is 11.6 Å². The summed E-state index contributed by atoms with van der Waals surface area (Å²) >= 11 is 5.78. The first kappa shape index (κ1) is 15.9. The largest absolute Gasteiger partial charge is 0.336 e. The first-order valence-corrected chi connectivity index (χ1v) is 7.87. The van der Waals surface area contributed by atoms with Crippen LogP contribution in [0.5, 0.6) is 0 Å². The molecule has 3 rings (SSSR count). The number of rotatable bonds is 3. The van der Waals surface area contributed by atoms with E-state index in [0.29, 0.717) is 23.8 Å². The van der Waals surface area contributed by atoms with Crippen molar-refractivity contribution in [3.63, 3.8) is 0 Å². The smallest absolute Gasteiger partial charge is 0.254 e. The van der Waals surface area contributed by atoms with Gasteiger partial charge in [0.1, 0.15) is 11.0 Å². The van der Waals surface area contributed by atoms with Crippen LogP contribution in [0, 0.1) is 5.82 Å². The summed E-state index contributed by atoms with van der Waals surface area (Å²) < 4.78 is 13.2. The van der Waals surface area contributed by atoms with Gasteiger partial charge in [0.15, 0.2) is 0 Å². The van der Waals surface area contributed by atoms with Crippen molar-refractivity contribution in [1.82, 2.24) is 14.8 Å². The lowest BCUT2D eigenvalue weighted by molar-refractivity contribution is 0.0628. The van der Waals surface area contributed by atoms with Gasteiger partial charge in [0.2, 0.25) is 0 Å². The summed E-state index contributed by atoms with van der Waals surface area (Å²) in [5.41, 5.74) is 1.50. The maximum atomic E-state index is 13.2. The molecule has 0 atom stereocenters. The fourth-order valence-corrected chi connectivity index (χ4v) is 2.78. The molecule has 6 heteroatoms. The molecule has 0 aliphatic carbocycles. The fraction of sp³-hybridized carbons (Fsp3) is 0.294. The number of hydrogen-bond donors (Lipinski definition) is 0. The number of pyridine rings is 1. The molecule has 1 aliphatic heterocycles. The van der Waals surface area contributed by atoms with Crippen molar-refractivity contribution < 1.29 is 9.18 Å². The highest BCUT2D eigenvalue weighted by molar-refractivity contribution is 6.29. The predicted molar refractivity (Wildman–Crippen MR) is 86.8 cm³/mol. The van der Waals surface area contributed by atoms with Gasteiger partial charge in [-0.3, -0.25) is 9.69 Å². The average Bonchev–Trinajstić information content (AvgIpc) is 2.57. The Morgan fingerprint density at radius 3 is 2.61 bits per heavy atom. The lowest BCUT2D eigenvalue weighted by Crippen LogP contribution is -2.48. The van der Waals surface area contributed by atoms with Crippen LogP contribution in [0.15, 0.2) is 42.6 Å². The van der Waals surface area contributed by atoms with Gasteiger partial charge in [0.05, 0.1) is 0 Å². The minimum absolute atomic E-state index is 0.114. The van der Waals surface area contributed by atoms with Crippen LogP contribution < -0.4 is 0 Å². The van der Waals surface area contributed by atoms with Crippen molar-refractivity contribution >= 4 is 17.5 Å². The van der Waals surface area contributed by atoms with Crippen LogP contribution in [0.3, 0.4) is 0 Å². The topological polar surface area (TPSA) is 36.4 Å². The second-order valence-corrected chi connectivity index (χ2v) is 5.96. The molecule has 2 aromatic rings. The van der Waals surface area contributed by atoms with Crippen molar-refractivity contribution in [2.24, 2.45) is 0 Å². The number of carbonyl (C=O) groups excluding carboxylic acids is 1. The highest BCUT2D eigenvalue weighted by Crippen LogP contribution is 2.13. The van der Waals surface area contributed by atoms with Crippen molar-refractivity contribution in [2.45, 2.75) is 6.54 Å². The van der Waals surface area contributed by atoms with Crippen LogP contribution in [0.2, 0.25) is 5.15 Å². The molecule has 1 aromatic heterocycles. The van der Waals surface area contributed by atoms with Crippen molar-refractivity contribution in [1.29, 1.82) is 0 Å². The summed E-state index contributed by atoms with van der Waals surface area (Å²) in [4.78, 5) is 20.5. The van der Waals surface area contributed by atoms with Gasteiger partial charge < -0.3 is 4.90 Å². The van der Waals surface area contributed by atoms with Gasteiger partial charge in [-0.15, -0.1) is 0 Å². The molecule has 0 unspecified atom stereocenters. The van der Waals surface area contributed by atoms with Gasteiger partial charge in [-0.2, -0.15) is 0 Å². The highest BCUT2D eigenvalue weighted by atomic mass is 35.5. The molecular weight excluding hydrogens is 317 g/mol. The summed E-state index contributed by atoms with van der Waals surface area (Å²) in [5.74, 6) is -0.498. The van der Waals surface area contributed by atoms with Gasteiger partial charge >= 0.3 is 0 Å². The Kier molecular flexibility index (Phi) is 4.88. The number of halogens is 2. The van der Waals surface area contributed by atoms with Crippen LogP contribution in [0.25, 0.3) is 0 Å². The first-order valence-electron chi connectivity index (χ1n) is 7.49. The Balaban J connectivity index is 1.55. The second-order valence-electron chi connectivity index (χ2n) is 5.57. The Morgan fingerprint density at radius 2 is 1.96 bits per heavy atom. The molecule has 1 saturated heterocycles. The van der Waals surface area contributed by atoms with E-state index >= 15 is 0 Å². The molecule has 0 spiro atoms. The van der Waals surface area contributed by atoms with E-state index in [2.05, 4.69) is 9.88 Å². The molecule has 0 N–H and O–H groups in total. The number of benzene rings is 1. The highest BCUT2D eigenvalue weighted by Gasteiger charge is 2.22. The van der Waals surface area contributed by atoms with Gasteiger partial charge in [0.25, 0.3) is 5.91 Å². The maximum absolute atomic E-state index is 13.2. The number of carbonyl (C=O) groups is 1. The molecule has 2 heterocycles. The molecule has 1 aromatic carbocycles. The summed E-state index contributed by atoms with van der Waals surface area (Å²) in [5, 5.41) is 0.485. The van der Waals surface area contributed by atoms with E-state index < -0.39 is 0 Å². The maximum Gasteiger partial charge on any atom is 0.254 e. The molecule has 0 radical (unpaired) electrons. The summed E-state index contributed by atoms with van der Waals surface area (Å²) in [6, 6.07) is 9.58. The Labute approximate surface area is 139 Å². The molecule has 0 saturated carbocycles. The molecule has 120 valence electrons. The third kappa shape index (κ3) is 4.06. The summed E-state index contributed by atoms with van der Waals surface area (Å²) in [7, 11) is 0. The molecule has 23 heavy (non-hydrogen) atoms. The summed E-state index contributed by atoms with van der Waals surface area (Å²) in [6.45, 7) is 3.62. The molecular formula is C17H17ClFN3O. The number of aromatic nitrogens is 1. The van der Waals surface area contributed by atoms with E-state index in [-0.39, 0.29) is 11.7 Å². The van der Waals surface area contributed by atoms with Crippen LogP contribution in [0.1, 0.15) is 15.9 Å². The lowest BCUT2D eigenvalue weighted by Gasteiger charge is -2.34. The Bertz CT molecular complexity index is 684. The molecule has 1 fully saturated rings. The van der Waals surface area contributed by atoms with Crippen molar-refractivity contribution in [3.05, 3.63) is 64.7 Å². The van der Waals surface area contributed by atoms with E-state index in [1.807, 2.05) is 6.07 Å². The first-order chi connectivity index (χ1) is 11.1. The van der Waals surface area contributed by atoms with Crippen molar-refractivity contribution in [3.8, 4) is 0 Å². The SMILES string of the molecule is O=C(c1cccc(F)c1)N1CCN(Cc2ccc(Cl)nc2)CC1. The Hall–Kier alpha value is -1.98. The van der Waals surface area contributed by atoms with E-state index in [1.54, 1.807) is 29.3 Å². The second kappa shape index (κ2) is 7.06. The van der Waals surface area contributed by atoms with Crippen LogP contribution in [-0.4, -0.2) is 46.9 Å². The average molecular weight is 334 g/mol. The Morgan fingerprint density at radius 1 is 1.17 bits per heavy atom. The van der Waals surface area contributed by atoms with Gasteiger partial charge in [-0.05, 0) is 29.8 Å². The number of nitrogens with zero attached hydrogens (tertiary/aromatic N) is 3. The quantitative estimate of drug-likeness (QED) is 0.810. The number of hydrogen-bond acceptors (Lipinski definition) is 3. The van der Waals surface area contributed by atoms with Crippen LogP contribution >= 0.6 is 11.6 Å². The van der Waals surface area contributed by atoms with Gasteiger partial charge in [-0.1, -0.05) is 23.7 Å². The minimum Gasteiger partial charge on any atom is -0.336 e. The standard InChI is InChI=1S/C17H17ClFN3O/c18-16-5-4-13(11-20-16)12-21-6-8-22(9-7-21)17(23)14-2-1-3-15(19)10-14/h1-5,10-11H,6-9,12H2. The van der Waals surface area contributed by atoms with Crippen LogP contribution in [0.4, 0.5) is 4.39 Å². The van der Waals surface area contributed by atoms with E-state index in [0.717, 1.165) is 25.2 Å². The zero-order valence-corrected chi connectivity index (χ0v) is 13.3. The molecule has 1 amide bonds. The normalized spacial score (nSPS) is 15.7. The van der Waals surface area contributed by atoms with E-state index in [9.17, 15) is 9.18 Å². The zero-order valence-electron chi connectivity index (χ0n) is 12.6. The molecule has 0 bridgehead atoms. The zero-order chi connectivity index (χ0) is 16.2. The third-order valence-electron chi connectivity index (χ3n) is 3.93. The number of piperazine rings is 1. The number of amides is 1. The molecule has 1 aliphatic rings. The third-order valence-corrected chi connectivity index (χ3v) is 4.15. The van der Waals surface area contributed by atoms with Crippen LogP contribution in [-0.2, 0) is 6.54 Å². The van der Waals surface area contributed by atoms with Gasteiger partial charge in [-0.25, -0.2) is 9.37 Å². The summed E-state index contributed by atoms with van der Waals surface area (Å²) in [6.07, 6.45) is 1.77.